The van der Waals surface area contributed by atoms with Crippen molar-refractivity contribution in [3.05, 3.63) is 0 Å². The molecule has 3 fully saturated rings. The monoisotopic (exact) mass is 353 g/mol. The van der Waals surface area contributed by atoms with Gasteiger partial charge in [-0.25, -0.2) is 0 Å². The van der Waals surface area contributed by atoms with E-state index in [0.717, 1.165) is 39.3 Å². The van der Waals surface area contributed by atoms with Crippen molar-refractivity contribution in [3.63, 3.8) is 0 Å². The van der Waals surface area contributed by atoms with Crippen LogP contribution in [0.15, 0.2) is 0 Å². The zero-order chi connectivity index (χ0) is 14.1. The van der Waals surface area contributed by atoms with Crippen molar-refractivity contribution in [1.82, 2.24) is 10.2 Å². The molecule has 0 radical (unpaired) electrons. The van der Waals surface area contributed by atoms with Gasteiger partial charge < -0.3 is 15.8 Å². The zero-order valence-electron chi connectivity index (χ0n) is 13.2. The molecule has 2 aliphatic carbocycles. The predicted octanol–water partition coefficient (Wildman–Crippen LogP) is 1.04. The summed E-state index contributed by atoms with van der Waals surface area (Å²) >= 11 is 0. The van der Waals surface area contributed by atoms with Gasteiger partial charge in [0, 0.05) is 31.7 Å². The van der Waals surface area contributed by atoms with Gasteiger partial charge in [0.05, 0.1) is 19.1 Å². The normalized spacial score (nSPS) is 35.4. The molecule has 5 unspecified atom stereocenters. The third-order valence-electron chi connectivity index (χ3n) is 5.52. The molecule has 3 rings (SSSR count). The summed E-state index contributed by atoms with van der Waals surface area (Å²) in [5.41, 5.74) is 6.23. The summed E-state index contributed by atoms with van der Waals surface area (Å²) in [5.74, 6) is 1.37. The van der Waals surface area contributed by atoms with Gasteiger partial charge in [0.2, 0.25) is 5.91 Å². The fourth-order valence-corrected chi connectivity index (χ4v) is 4.24. The maximum atomic E-state index is 12.4. The maximum Gasteiger partial charge on any atom is 0.225 e. The van der Waals surface area contributed by atoms with Crippen LogP contribution in [0.4, 0.5) is 0 Å². The molecule has 22 heavy (non-hydrogen) atoms. The van der Waals surface area contributed by atoms with Crippen LogP contribution in [-0.4, -0.2) is 55.7 Å². The number of halogens is 2. The van der Waals surface area contributed by atoms with E-state index in [0.29, 0.717) is 17.9 Å². The van der Waals surface area contributed by atoms with Gasteiger partial charge in [-0.3, -0.25) is 9.69 Å². The first-order valence-electron chi connectivity index (χ1n) is 8.02. The van der Waals surface area contributed by atoms with E-state index >= 15 is 0 Å². The highest BCUT2D eigenvalue weighted by Gasteiger charge is 2.48. The topological polar surface area (TPSA) is 67.6 Å². The standard InChI is InChI=1S/C15H27N3O2.2ClH/c1-10(18-4-6-20-7-5-18)9-17-15(19)13-11-2-3-12(8-11)14(13)16;;/h10-14H,2-9,16H2,1H3,(H,17,19);2*1H. The van der Waals surface area contributed by atoms with Crippen LogP contribution in [0.3, 0.4) is 0 Å². The molecule has 1 heterocycles. The van der Waals surface area contributed by atoms with E-state index in [1.165, 1.54) is 12.8 Å². The minimum atomic E-state index is 0. The molecule has 1 saturated heterocycles. The summed E-state index contributed by atoms with van der Waals surface area (Å²) in [6.45, 7) is 6.42. The molecular weight excluding hydrogens is 325 g/mol. The average Bonchev–Trinajstić information content (AvgIpc) is 3.06. The third-order valence-corrected chi connectivity index (χ3v) is 5.52. The van der Waals surface area contributed by atoms with Crippen molar-refractivity contribution in [2.24, 2.45) is 23.5 Å². The first-order valence-corrected chi connectivity index (χ1v) is 8.02. The van der Waals surface area contributed by atoms with Crippen LogP contribution in [-0.2, 0) is 9.53 Å². The Morgan fingerprint density at radius 2 is 1.91 bits per heavy atom. The van der Waals surface area contributed by atoms with Gasteiger partial charge >= 0.3 is 0 Å². The van der Waals surface area contributed by atoms with E-state index in [1.54, 1.807) is 0 Å². The quantitative estimate of drug-likeness (QED) is 0.792. The van der Waals surface area contributed by atoms with Gasteiger partial charge in [0.15, 0.2) is 0 Å². The fourth-order valence-electron chi connectivity index (χ4n) is 4.24. The highest BCUT2D eigenvalue weighted by molar-refractivity contribution is 5.85. The first kappa shape index (κ1) is 20.0. The number of fused-ring (bicyclic) bond motifs is 2. The number of nitrogens with zero attached hydrogens (tertiary/aromatic N) is 1. The second-order valence-electron chi connectivity index (χ2n) is 6.68. The molecule has 3 N–H and O–H groups in total. The van der Waals surface area contributed by atoms with E-state index in [1.807, 2.05) is 0 Å². The highest BCUT2D eigenvalue weighted by atomic mass is 35.5. The van der Waals surface area contributed by atoms with Gasteiger partial charge in [0.25, 0.3) is 0 Å². The van der Waals surface area contributed by atoms with Gasteiger partial charge in [-0.2, -0.15) is 0 Å². The van der Waals surface area contributed by atoms with E-state index in [-0.39, 0.29) is 42.7 Å². The van der Waals surface area contributed by atoms with Crippen molar-refractivity contribution in [2.75, 3.05) is 32.8 Å². The number of hydrogen-bond donors (Lipinski definition) is 2. The van der Waals surface area contributed by atoms with E-state index < -0.39 is 0 Å². The van der Waals surface area contributed by atoms with Crippen LogP contribution >= 0.6 is 24.8 Å². The highest BCUT2D eigenvalue weighted by Crippen LogP contribution is 2.47. The van der Waals surface area contributed by atoms with E-state index in [4.69, 9.17) is 10.5 Å². The summed E-state index contributed by atoms with van der Waals surface area (Å²) < 4.78 is 5.36. The van der Waals surface area contributed by atoms with Crippen molar-refractivity contribution in [1.29, 1.82) is 0 Å². The van der Waals surface area contributed by atoms with Gasteiger partial charge in [-0.15, -0.1) is 24.8 Å². The number of amides is 1. The molecule has 2 bridgehead atoms. The second-order valence-corrected chi connectivity index (χ2v) is 6.68. The molecule has 1 aliphatic heterocycles. The number of hydrogen-bond acceptors (Lipinski definition) is 4. The van der Waals surface area contributed by atoms with Crippen molar-refractivity contribution in [2.45, 2.75) is 38.3 Å². The third kappa shape index (κ3) is 4.06. The summed E-state index contributed by atoms with van der Waals surface area (Å²) in [6.07, 6.45) is 3.58. The Labute approximate surface area is 145 Å². The first-order chi connectivity index (χ1) is 9.66. The molecule has 1 amide bonds. The van der Waals surface area contributed by atoms with Crippen LogP contribution in [0, 0.1) is 17.8 Å². The minimum Gasteiger partial charge on any atom is -0.379 e. The van der Waals surface area contributed by atoms with Crippen molar-refractivity contribution >= 4 is 30.7 Å². The van der Waals surface area contributed by atoms with Gasteiger partial charge in [-0.1, -0.05) is 0 Å². The lowest BCUT2D eigenvalue weighted by Gasteiger charge is -2.33. The molecule has 0 spiro atoms. The Bertz CT molecular complexity index is 365. The SMILES string of the molecule is CC(CNC(=O)C1C2CCC(C2)C1N)N1CCOCC1.Cl.Cl. The molecule has 7 heteroatoms. The number of morpholine rings is 1. The Kier molecular flexibility index (Phi) is 7.89. The number of rotatable bonds is 4. The molecule has 5 atom stereocenters. The fraction of sp³-hybridized carbons (Fsp3) is 0.933. The minimum absolute atomic E-state index is 0. The Morgan fingerprint density at radius 3 is 2.50 bits per heavy atom. The zero-order valence-corrected chi connectivity index (χ0v) is 14.8. The molecule has 130 valence electrons. The number of carbonyl (C=O) groups is 1. The van der Waals surface area contributed by atoms with Gasteiger partial charge in [0.1, 0.15) is 0 Å². The molecule has 0 aromatic rings. The Morgan fingerprint density at radius 1 is 1.27 bits per heavy atom. The lowest BCUT2D eigenvalue weighted by molar-refractivity contribution is -0.127. The molecule has 0 aromatic carbocycles. The average molecular weight is 354 g/mol. The van der Waals surface area contributed by atoms with Crippen LogP contribution in [0.2, 0.25) is 0 Å². The summed E-state index contributed by atoms with van der Waals surface area (Å²) in [7, 11) is 0. The molecular formula is C15H29Cl2N3O2. The van der Waals surface area contributed by atoms with E-state index in [2.05, 4.69) is 17.1 Å². The number of ether oxygens (including phenoxy) is 1. The summed E-state index contributed by atoms with van der Waals surface area (Å²) in [4.78, 5) is 14.8. The van der Waals surface area contributed by atoms with E-state index in [9.17, 15) is 4.79 Å². The van der Waals surface area contributed by atoms with Crippen molar-refractivity contribution < 1.29 is 9.53 Å². The van der Waals surface area contributed by atoms with Gasteiger partial charge in [-0.05, 0) is 38.0 Å². The smallest absolute Gasteiger partial charge is 0.225 e. The van der Waals surface area contributed by atoms with Crippen LogP contribution in [0.5, 0.6) is 0 Å². The lowest BCUT2D eigenvalue weighted by Crippen LogP contribution is -2.50. The van der Waals surface area contributed by atoms with Crippen LogP contribution in [0.1, 0.15) is 26.2 Å². The maximum absolute atomic E-state index is 12.4. The number of nitrogens with two attached hydrogens (primary N) is 1. The second kappa shape index (κ2) is 8.69. The summed E-state index contributed by atoms with van der Waals surface area (Å²) in [5, 5.41) is 3.14. The van der Waals surface area contributed by atoms with Crippen molar-refractivity contribution in [3.8, 4) is 0 Å². The molecule has 2 saturated carbocycles. The molecule has 3 aliphatic rings. The number of nitrogens with one attached hydrogen (secondary N) is 1. The Balaban J connectivity index is 0.00000121. The largest absolute Gasteiger partial charge is 0.379 e. The molecule has 5 nitrogen and oxygen atoms in total. The Hall–Kier alpha value is -0.0700. The lowest BCUT2D eigenvalue weighted by atomic mass is 9.84. The molecule has 0 aromatic heterocycles. The van der Waals surface area contributed by atoms with Crippen LogP contribution in [0.25, 0.3) is 0 Å². The summed E-state index contributed by atoms with van der Waals surface area (Å²) in [6, 6.07) is 0.463. The predicted molar refractivity (Wildman–Crippen MR) is 91.7 cm³/mol. The van der Waals surface area contributed by atoms with Crippen LogP contribution < -0.4 is 11.1 Å². The number of carbonyl (C=O) groups excluding carboxylic acids is 1.